The molecule has 0 aliphatic carbocycles. The molecule has 0 saturated carbocycles. The van der Waals surface area contributed by atoms with E-state index >= 15 is 0 Å². The standard InChI is InChI=1S/C22H23ClN2O2S/c1-14(2)15-6-8-16(9-7-15)19(25-21(26)12-23)13-24-22(27)18-4-3-5-20-17(18)10-11-28-20/h3-11,14,19H,12-13H2,1-2H3,(H,24,27)(H,25,26). The number of amides is 2. The van der Waals surface area contributed by atoms with Gasteiger partial charge in [0.15, 0.2) is 0 Å². The minimum atomic E-state index is -0.349. The number of rotatable bonds is 7. The van der Waals surface area contributed by atoms with Crippen LogP contribution in [0.5, 0.6) is 0 Å². The van der Waals surface area contributed by atoms with Gasteiger partial charge in [0.25, 0.3) is 5.91 Å². The van der Waals surface area contributed by atoms with Crippen LogP contribution >= 0.6 is 22.9 Å². The van der Waals surface area contributed by atoms with E-state index in [1.807, 2.05) is 53.9 Å². The second-order valence-corrected chi connectivity index (χ2v) is 8.14. The lowest BCUT2D eigenvalue weighted by atomic mass is 9.99. The van der Waals surface area contributed by atoms with E-state index in [9.17, 15) is 9.59 Å². The Labute approximate surface area is 173 Å². The molecular weight excluding hydrogens is 392 g/mol. The second kappa shape index (κ2) is 9.22. The van der Waals surface area contributed by atoms with Crippen molar-refractivity contribution in [1.82, 2.24) is 10.6 Å². The molecule has 0 radical (unpaired) electrons. The summed E-state index contributed by atoms with van der Waals surface area (Å²) in [6.07, 6.45) is 0. The average molecular weight is 415 g/mol. The van der Waals surface area contributed by atoms with Crippen LogP contribution in [0.25, 0.3) is 10.1 Å². The van der Waals surface area contributed by atoms with Crippen LogP contribution in [0, 0.1) is 0 Å². The Kier molecular flexibility index (Phi) is 6.70. The summed E-state index contributed by atoms with van der Waals surface area (Å²) in [6.45, 7) is 4.54. The van der Waals surface area contributed by atoms with Gasteiger partial charge in [-0.25, -0.2) is 0 Å². The number of carbonyl (C=O) groups is 2. The van der Waals surface area contributed by atoms with Crippen LogP contribution in [0.3, 0.4) is 0 Å². The average Bonchev–Trinajstić information content (AvgIpc) is 3.19. The molecule has 1 aromatic heterocycles. The van der Waals surface area contributed by atoms with E-state index in [4.69, 9.17) is 11.6 Å². The van der Waals surface area contributed by atoms with Crippen LogP contribution in [0.15, 0.2) is 53.9 Å². The van der Waals surface area contributed by atoms with Gasteiger partial charge < -0.3 is 10.6 Å². The monoisotopic (exact) mass is 414 g/mol. The maximum absolute atomic E-state index is 12.7. The third-order valence-corrected chi connectivity index (χ3v) is 5.79. The molecule has 0 aliphatic heterocycles. The molecular formula is C22H23ClN2O2S. The summed E-state index contributed by atoms with van der Waals surface area (Å²) in [5.41, 5.74) is 2.78. The summed E-state index contributed by atoms with van der Waals surface area (Å²) in [5.74, 6) is -0.125. The Hall–Kier alpha value is -2.37. The maximum Gasteiger partial charge on any atom is 0.252 e. The first-order valence-electron chi connectivity index (χ1n) is 9.19. The van der Waals surface area contributed by atoms with Crippen molar-refractivity contribution in [2.45, 2.75) is 25.8 Å². The molecule has 146 valence electrons. The van der Waals surface area contributed by atoms with Crippen LogP contribution in [-0.2, 0) is 4.79 Å². The Balaban J connectivity index is 1.76. The van der Waals surface area contributed by atoms with Crippen molar-refractivity contribution in [2.75, 3.05) is 12.4 Å². The lowest BCUT2D eigenvalue weighted by Gasteiger charge is -2.20. The highest BCUT2D eigenvalue weighted by molar-refractivity contribution is 7.17. The number of benzene rings is 2. The number of carbonyl (C=O) groups excluding carboxylic acids is 2. The summed E-state index contributed by atoms with van der Waals surface area (Å²) in [7, 11) is 0. The molecule has 2 N–H and O–H groups in total. The van der Waals surface area contributed by atoms with Crippen molar-refractivity contribution in [3.8, 4) is 0 Å². The van der Waals surface area contributed by atoms with Crippen molar-refractivity contribution >= 4 is 44.8 Å². The largest absolute Gasteiger partial charge is 0.350 e. The van der Waals surface area contributed by atoms with Crippen LogP contribution in [0.1, 0.15) is 47.3 Å². The third kappa shape index (κ3) is 4.72. The number of nitrogens with one attached hydrogen (secondary N) is 2. The van der Waals surface area contributed by atoms with Crippen molar-refractivity contribution < 1.29 is 9.59 Å². The number of halogens is 1. The molecule has 1 unspecified atom stereocenters. The van der Waals surface area contributed by atoms with Crippen molar-refractivity contribution in [2.24, 2.45) is 0 Å². The van der Waals surface area contributed by atoms with E-state index in [1.165, 1.54) is 5.56 Å². The molecule has 0 spiro atoms. The van der Waals surface area contributed by atoms with Gasteiger partial charge in [0.05, 0.1) is 6.04 Å². The summed E-state index contributed by atoms with van der Waals surface area (Å²) in [5, 5.41) is 8.75. The molecule has 3 aromatic rings. The molecule has 6 heteroatoms. The van der Waals surface area contributed by atoms with Gasteiger partial charge in [-0.15, -0.1) is 22.9 Å². The maximum atomic E-state index is 12.7. The lowest BCUT2D eigenvalue weighted by Crippen LogP contribution is -2.38. The Bertz CT molecular complexity index is 966. The molecule has 2 amide bonds. The fraction of sp³-hybridized carbons (Fsp3) is 0.273. The minimum absolute atomic E-state index is 0.122. The van der Waals surface area contributed by atoms with Crippen LogP contribution in [-0.4, -0.2) is 24.2 Å². The first-order valence-corrected chi connectivity index (χ1v) is 10.6. The van der Waals surface area contributed by atoms with Gasteiger partial charge in [0, 0.05) is 22.2 Å². The SMILES string of the molecule is CC(C)c1ccc(C(CNC(=O)c2cccc3sccc23)NC(=O)CCl)cc1. The van der Waals surface area contributed by atoms with Crippen LogP contribution in [0.4, 0.5) is 0 Å². The van der Waals surface area contributed by atoms with Gasteiger partial charge in [-0.2, -0.15) is 0 Å². The predicted molar refractivity (Wildman–Crippen MR) is 116 cm³/mol. The number of hydrogen-bond donors (Lipinski definition) is 2. The minimum Gasteiger partial charge on any atom is -0.350 e. The van der Waals surface area contributed by atoms with Crippen LogP contribution in [0.2, 0.25) is 0 Å². The summed E-state index contributed by atoms with van der Waals surface area (Å²) < 4.78 is 1.07. The lowest BCUT2D eigenvalue weighted by molar-refractivity contribution is -0.119. The van der Waals surface area contributed by atoms with Crippen molar-refractivity contribution in [3.05, 3.63) is 70.6 Å². The number of thiophene rings is 1. The quantitative estimate of drug-likeness (QED) is 0.543. The van der Waals surface area contributed by atoms with Crippen LogP contribution < -0.4 is 10.6 Å². The van der Waals surface area contributed by atoms with Gasteiger partial charge in [0.1, 0.15) is 5.88 Å². The molecule has 0 aliphatic rings. The molecule has 1 atom stereocenters. The van der Waals surface area contributed by atoms with E-state index in [-0.39, 0.29) is 30.3 Å². The second-order valence-electron chi connectivity index (χ2n) is 6.92. The van der Waals surface area contributed by atoms with Gasteiger partial charge in [0.2, 0.25) is 5.91 Å². The summed E-state index contributed by atoms with van der Waals surface area (Å²) in [6, 6.07) is 15.4. The van der Waals surface area contributed by atoms with Gasteiger partial charge >= 0.3 is 0 Å². The fourth-order valence-electron chi connectivity index (χ4n) is 3.08. The first kappa shape index (κ1) is 20.4. The van der Waals surface area contributed by atoms with Gasteiger partial charge in [-0.1, -0.05) is 44.2 Å². The molecule has 3 rings (SSSR count). The van der Waals surface area contributed by atoms with E-state index in [0.29, 0.717) is 11.5 Å². The molecule has 0 fully saturated rings. The Morgan fingerprint density at radius 2 is 1.75 bits per heavy atom. The number of hydrogen-bond acceptors (Lipinski definition) is 3. The highest BCUT2D eigenvalue weighted by atomic mass is 35.5. The molecule has 0 saturated heterocycles. The number of fused-ring (bicyclic) bond motifs is 1. The third-order valence-electron chi connectivity index (χ3n) is 4.67. The van der Waals surface area contributed by atoms with E-state index < -0.39 is 0 Å². The normalized spacial score (nSPS) is 12.1. The fourth-order valence-corrected chi connectivity index (χ4v) is 3.97. The molecule has 4 nitrogen and oxygen atoms in total. The highest BCUT2D eigenvalue weighted by Gasteiger charge is 2.17. The molecule has 0 bridgehead atoms. The molecule has 1 heterocycles. The number of alkyl halides is 1. The van der Waals surface area contributed by atoms with Gasteiger partial charge in [-0.3, -0.25) is 9.59 Å². The van der Waals surface area contributed by atoms with Crippen molar-refractivity contribution in [1.29, 1.82) is 0 Å². The van der Waals surface area contributed by atoms with E-state index in [2.05, 4.69) is 24.5 Å². The Morgan fingerprint density at radius 3 is 2.43 bits per heavy atom. The Morgan fingerprint density at radius 1 is 1.04 bits per heavy atom. The topological polar surface area (TPSA) is 58.2 Å². The smallest absolute Gasteiger partial charge is 0.252 e. The highest BCUT2D eigenvalue weighted by Crippen LogP contribution is 2.24. The van der Waals surface area contributed by atoms with Crippen molar-refractivity contribution in [3.63, 3.8) is 0 Å². The summed E-state index contributed by atoms with van der Waals surface area (Å²) >= 11 is 7.27. The first-order chi connectivity index (χ1) is 13.5. The van der Waals surface area contributed by atoms with Gasteiger partial charge in [-0.05, 0) is 40.6 Å². The van der Waals surface area contributed by atoms with E-state index in [0.717, 1.165) is 15.6 Å². The molecule has 2 aromatic carbocycles. The summed E-state index contributed by atoms with van der Waals surface area (Å²) in [4.78, 5) is 24.6. The zero-order valence-electron chi connectivity index (χ0n) is 15.9. The zero-order valence-corrected chi connectivity index (χ0v) is 17.4. The zero-order chi connectivity index (χ0) is 20.1. The predicted octanol–water partition coefficient (Wildman–Crippen LogP) is 4.85. The van der Waals surface area contributed by atoms with E-state index in [1.54, 1.807) is 11.3 Å². The molecule has 28 heavy (non-hydrogen) atoms.